The third-order valence-corrected chi connectivity index (χ3v) is 7.54. The van der Waals surface area contributed by atoms with E-state index in [1.165, 1.54) is 35.7 Å². The van der Waals surface area contributed by atoms with Gasteiger partial charge in [-0.2, -0.15) is 0 Å². The molecule has 4 aliphatic rings. The lowest BCUT2D eigenvalue weighted by Crippen LogP contribution is -2.60. The summed E-state index contributed by atoms with van der Waals surface area (Å²) in [4.78, 5) is 12.9. The summed E-state index contributed by atoms with van der Waals surface area (Å²) in [5.74, 6) is 9.62. The second-order valence-corrected chi connectivity index (χ2v) is 9.91. The first-order valence-electron chi connectivity index (χ1n) is 9.74. The highest BCUT2D eigenvalue weighted by molar-refractivity contribution is 8.00. The quantitative estimate of drug-likeness (QED) is 0.605. The van der Waals surface area contributed by atoms with Crippen molar-refractivity contribution in [2.45, 2.75) is 61.4 Å². The maximum absolute atomic E-state index is 12.9. The van der Waals surface area contributed by atoms with Crippen LogP contribution in [0.3, 0.4) is 0 Å². The van der Waals surface area contributed by atoms with Gasteiger partial charge in [0.15, 0.2) is 5.76 Å². The molecule has 4 fully saturated rings. The molecule has 6 rings (SSSR count). The van der Waals surface area contributed by atoms with Crippen LogP contribution in [0.25, 0.3) is 11.6 Å². The van der Waals surface area contributed by atoms with Crippen molar-refractivity contribution >= 4 is 17.7 Å². The molecule has 2 heterocycles. The lowest BCUT2D eigenvalue weighted by Gasteiger charge is -2.57. The Morgan fingerprint density at radius 1 is 1.30 bits per heavy atom. The first-order chi connectivity index (χ1) is 13.0. The highest BCUT2D eigenvalue weighted by Crippen LogP contribution is 2.55. The number of nitrogens with one attached hydrogen (secondary N) is 1. The van der Waals surface area contributed by atoms with Crippen molar-refractivity contribution in [3.8, 4) is 11.6 Å². The summed E-state index contributed by atoms with van der Waals surface area (Å²) in [6.45, 7) is 1.90. The summed E-state index contributed by atoms with van der Waals surface area (Å²) in [7, 11) is 0. The number of carbonyl (C=O) groups is 1. The second-order valence-electron chi connectivity index (χ2n) is 8.60. The number of hydrogen-bond donors (Lipinski definition) is 2. The number of rotatable bonds is 5. The zero-order valence-electron chi connectivity index (χ0n) is 15.4. The number of carbonyl (C=O) groups excluding carboxylic acids is 1. The second kappa shape index (κ2) is 6.29. The van der Waals surface area contributed by atoms with Crippen LogP contribution < -0.4 is 11.2 Å². The van der Waals surface area contributed by atoms with Crippen LogP contribution in [0.15, 0.2) is 28.0 Å². The van der Waals surface area contributed by atoms with Gasteiger partial charge in [0.05, 0.1) is 11.5 Å². The number of furan rings is 1. The highest BCUT2D eigenvalue weighted by Gasteiger charge is 2.51. The predicted octanol–water partition coefficient (Wildman–Crippen LogP) is 2.82. The standard InChI is InChI=1S/C19H25N5O2S/c1-11(27-18-23-22-16(24(18)20)15-3-2-4-26-15)17(25)21-19-8-12-5-13(9-19)7-14(6-12)10-19/h2-4,11-14H,5-10,20H2,1H3,(H,21,25). The Morgan fingerprint density at radius 3 is 2.56 bits per heavy atom. The average molecular weight is 388 g/mol. The molecule has 0 aromatic carbocycles. The molecule has 8 heteroatoms. The minimum Gasteiger partial charge on any atom is -0.461 e. The lowest BCUT2D eigenvalue weighted by atomic mass is 9.53. The van der Waals surface area contributed by atoms with E-state index in [1.807, 2.05) is 6.92 Å². The predicted molar refractivity (Wildman–Crippen MR) is 102 cm³/mol. The van der Waals surface area contributed by atoms with Crippen LogP contribution in [0, 0.1) is 17.8 Å². The number of hydrogen-bond acceptors (Lipinski definition) is 6. The number of nitrogens with two attached hydrogens (primary N) is 1. The van der Waals surface area contributed by atoms with Gasteiger partial charge < -0.3 is 15.6 Å². The van der Waals surface area contributed by atoms with Crippen LogP contribution in [0.4, 0.5) is 0 Å². The Labute approximate surface area is 162 Å². The molecule has 0 spiro atoms. The van der Waals surface area contributed by atoms with Crippen LogP contribution in [-0.4, -0.2) is 31.6 Å². The summed E-state index contributed by atoms with van der Waals surface area (Å²) in [6, 6.07) is 3.56. The average Bonchev–Trinajstić information content (AvgIpc) is 3.24. The van der Waals surface area contributed by atoms with E-state index in [1.54, 1.807) is 18.4 Å². The first-order valence-corrected chi connectivity index (χ1v) is 10.6. The fourth-order valence-electron chi connectivity index (χ4n) is 5.77. The minimum atomic E-state index is -0.283. The van der Waals surface area contributed by atoms with Gasteiger partial charge in [-0.15, -0.1) is 10.2 Å². The van der Waals surface area contributed by atoms with Gasteiger partial charge in [-0.05, 0) is 75.3 Å². The fourth-order valence-corrected chi connectivity index (χ4v) is 6.54. The molecule has 1 amide bonds. The molecule has 3 N–H and O–H groups in total. The summed E-state index contributed by atoms with van der Waals surface area (Å²) in [6.07, 6.45) is 9.12. The fraction of sp³-hybridized carbons (Fsp3) is 0.632. The molecule has 0 saturated heterocycles. The Morgan fingerprint density at radius 2 is 1.96 bits per heavy atom. The zero-order chi connectivity index (χ0) is 18.6. The molecule has 144 valence electrons. The van der Waals surface area contributed by atoms with Crippen LogP contribution >= 0.6 is 11.8 Å². The van der Waals surface area contributed by atoms with Crippen LogP contribution in [0.1, 0.15) is 45.4 Å². The Kier molecular flexibility index (Phi) is 4.00. The molecule has 4 aliphatic carbocycles. The monoisotopic (exact) mass is 387 g/mol. The molecule has 0 aliphatic heterocycles. The molecule has 4 bridgehead atoms. The number of thioether (sulfide) groups is 1. The van der Waals surface area contributed by atoms with Gasteiger partial charge in [-0.3, -0.25) is 4.79 Å². The molecule has 7 nitrogen and oxygen atoms in total. The van der Waals surface area contributed by atoms with Crippen molar-refractivity contribution in [2.24, 2.45) is 17.8 Å². The molecule has 1 atom stereocenters. The molecule has 4 saturated carbocycles. The largest absolute Gasteiger partial charge is 0.461 e. The van der Waals surface area contributed by atoms with E-state index in [0.717, 1.165) is 37.0 Å². The summed E-state index contributed by atoms with van der Waals surface area (Å²) in [5.41, 5.74) is 0.0242. The Hall–Kier alpha value is -1.96. The van der Waals surface area contributed by atoms with Gasteiger partial charge in [-0.1, -0.05) is 11.8 Å². The van der Waals surface area contributed by atoms with Crippen molar-refractivity contribution in [1.82, 2.24) is 20.2 Å². The molecule has 27 heavy (non-hydrogen) atoms. The summed E-state index contributed by atoms with van der Waals surface area (Å²) < 4.78 is 6.72. The molecule has 0 radical (unpaired) electrons. The molecule has 2 aromatic heterocycles. The third kappa shape index (κ3) is 3.03. The first kappa shape index (κ1) is 17.2. The van der Waals surface area contributed by atoms with E-state index < -0.39 is 0 Å². The lowest BCUT2D eigenvalue weighted by molar-refractivity contribution is -0.126. The topological polar surface area (TPSA) is 99.0 Å². The van der Waals surface area contributed by atoms with E-state index in [4.69, 9.17) is 10.3 Å². The maximum atomic E-state index is 12.9. The van der Waals surface area contributed by atoms with Gasteiger partial charge >= 0.3 is 0 Å². The minimum absolute atomic E-state index is 0.0242. The third-order valence-electron chi connectivity index (χ3n) is 6.48. The van der Waals surface area contributed by atoms with Crippen molar-refractivity contribution < 1.29 is 9.21 Å². The van der Waals surface area contributed by atoms with E-state index >= 15 is 0 Å². The number of aromatic nitrogens is 3. The van der Waals surface area contributed by atoms with Crippen LogP contribution in [0.2, 0.25) is 0 Å². The molecule has 2 aromatic rings. The van der Waals surface area contributed by atoms with E-state index in [9.17, 15) is 4.79 Å². The Balaban J connectivity index is 1.27. The number of amides is 1. The molecular weight excluding hydrogens is 362 g/mol. The van der Waals surface area contributed by atoms with Crippen molar-refractivity contribution in [2.75, 3.05) is 5.84 Å². The maximum Gasteiger partial charge on any atom is 0.233 e. The number of nitrogens with zero attached hydrogens (tertiary/aromatic N) is 3. The molecule has 1 unspecified atom stereocenters. The zero-order valence-corrected chi connectivity index (χ0v) is 16.2. The van der Waals surface area contributed by atoms with Gasteiger partial charge in [0.2, 0.25) is 16.9 Å². The van der Waals surface area contributed by atoms with Gasteiger partial charge in [0.1, 0.15) is 0 Å². The molecular formula is C19H25N5O2S. The van der Waals surface area contributed by atoms with Gasteiger partial charge in [-0.25, -0.2) is 4.68 Å². The van der Waals surface area contributed by atoms with E-state index in [0.29, 0.717) is 16.7 Å². The number of nitrogen functional groups attached to an aromatic ring is 1. The van der Waals surface area contributed by atoms with Crippen molar-refractivity contribution in [1.29, 1.82) is 0 Å². The summed E-state index contributed by atoms with van der Waals surface area (Å²) in [5, 5.41) is 11.9. The van der Waals surface area contributed by atoms with Crippen LogP contribution in [-0.2, 0) is 4.79 Å². The van der Waals surface area contributed by atoms with E-state index in [-0.39, 0.29) is 16.7 Å². The van der Waals surface area contributed by atoms with Crippen LogP contribution in [0.5, 0.6) is 0 Å². The van der Waals surface area contributed by atoms with Crippen molar-refractivity contribution in [3.63, 3.8) is 0 Å². The van der Waals surface area contributed by atoms with Crippen molar-refractivity contribution in [3.05, 3.63) is 18.4 Å². The smallest absolute Gasteiger partial charge is 0.233 e. The SMILES string of the molecule is CC(Sc1nnc(-c2ccco2)n1N)C(=O)NC12CC3CC(CC(C3)C1)C2. The van der Waals surface area contributed by atoms with Gasteiger partial charge in [0.25, 0.3) is 0 Å². The Bertz CT molecular complexity index is 811. The van der Waals surface area contributed by atoms with Gasteiger partial charge in [0, 0.05) is 5.54 Å². The normalized spacial score (nSPS) is 32.6. The highest BCUT2D eigenvalue weighted by atomic mass is 32.2. The summed E-state index contributed by atoms with van der Waals surface area (Å²) >= 11 is 1.34. The van der Waals surface area contributed by atoms with E-state index in [2.05, 4.69) is 15.5 Å².